The van der Waals surface area contributed by atoms with Crippen LogP contribution in [0.1, 0.15) is 55.4 Å². The maximum atomic E-state index is 12.4. The van der Waals surface area contributed by atoms with E-state index in [0.717, 1.165) is 65.2 Å². The molecule has 2 saturated heterocycles. The van der Waals surface area contributed by atoms with E-state index in [2.05, 4.69) is 28.1 Å². The Morgan fingerprint density at radius 3 is 2.25 bits per heavy atom. The zero-order valence-corrected chi connectivity index (χ0v) is 30.2. The summed E-state index contributed by atoms with van der Waals surface area (Å²) in [7, 11) is 0. The van der Waals surface area contributed by atoms with Gasteiger partial charge in [0.15, 0.2) is 12.4 Å². The van der Waals surface area contributed by atoms with Crippen LogP contribution in [0.15, 0.2) is 97.1 Å². The van der Waals surface area contributed by atoms with Crippen LogP contribution in [0.3, 0.4) is 0 Å². The molecule has 0 saturated carbocycles. The molecule has 6 rings (SSSR count). The number of amides is 1. The first-order chi connectivity index (χ1) is 25.6. The number of nitrogens with zero attached hydrogens (tertiary/aromatic N) is 3. The molecule has 0 aliphatic carbocycles. The Morgan fingerprint density at radius 2 is 1.58 bits per heavy atom. The number of piperazine rings is 1. The fourth-order valence-corrected chi connectivity index (χ4v) is 6.92. The second-order valence-corrected chi connectivity index (χ2v) is 13.7. The van der Waals surface area contributed by atoms with Gasteiger partial charge in [0.05, 0.1) is 23.7 Å². The van der Waals surface area contributed by atoms with E-state index in [9.17, 15) is 24.8 Å². The lowest BCUT2D eigenvalue weighted by Crippen LogP contribution is -2.51. The summed E-state index contributed by atoms with van der Waals surface area (Å²) >= 11 is 0. The van der Waals surface area contributed by atoms with Crippen molar-refractivity contribution in [1.29, 1.82) is 0 Å². The topological polar surface area (TPSA) is 144 Å². The number of hydrogen-bond acceptors (Lipinski definition) is 10. The zero-order valence-electron chi connectivity index (χ0n) is 30.2. The number of anilines is 1. The number of aliphatic hydroxyl groups is 1. The molecular weight excluding hydrogens is 676 g/mol. The van der Waals surface area contributed by atoms with E-state index in [1.54, 1.807) is 19.1 Å². The van der Waals surface area contributed by atoms with Gasteiger partial charge in [0.1, 0.15) is 0 Å². The lowest BCUT2D eigenvalue weighted by molar-refractivity contribution is -0.384. The van der Waals surface area contributed by atoms with Gasteiger partial charge in [-0.3, -0.25) is 24.6 Å². The number of benzene rings is 4. The van der Waals surface area contributed by atoms with E-state index >= 15 is 0 Å². The Morgan fingerprint density at radius 1 is 0.906 bits per heavy atom. The molecule has 2 heterocycles. The molecule has 0 aromatic heterocycles. The smallest absolute Gasteiger partial charge is 0.303 e. The quantitative estimate of drug-likeness (QED) is 0.103. The van der Waals surface area contributed by atoms with Gasteiger partial charge < -0.3 is 29.5 Å². The number of nitro groups is 1. The number of hydrogen-bond donors (Lipinski definition) is 2. The third-order valence-corrected chi connectivity index (χ3v) is 9.96. The van der Waals surface area contributed by atoms with Crippen LogP contribution in [0.5, 0.6) is 0 Å². The molecule has 4 aromatic carbocycles. The minimum Gasteiger partial charge on any atom is -0.453 e. The van der Waals surface area contributed by atoms with Crippen LogP contribution in [0.25, 0.3) is 11.1 Å². The molecule has 12 nitrogen and oxygen atoms in total. The maximum Gasteiger partial charge on any atom is 0.303 e. The molecule has 1 amide bonds. The molecule has 12 heteroatoms. The normalized spacial score (nSPS) is 21.1. The largest absolute Gasteiger partial charge is 0.453 e. The summed E-state index contributed by atoms with van der Waals surface area (Å²) in [6, 6.07) is 30.6. The molecule has 5 atom stereocenters. The van der Waals surface area contributed by atoms with E-state index in [1.165, 1.54) is 6.92 Å². The second-order valence-electron chi connectivity index (χ2n) is 13.7. The number of aliphatic hydroxyl groups excluding tert-OH is 1. The molecule has 2 aliphatic rings. The summed E-state index contributed by atoms with van der Waals surface area (Å²) in [5.41, 5.74) is 6.63. The highest BCUT2D eigenvalue weighted by Gasteiger charge is 2.39. The Hall–Kier alpha value is -5.14. The van der Waals surface area contributed by atoms with Gasteiger partial charge in [-0.25, -0.2) is 0 Å². The SMILES string of the molecule is CC(=O)OC(C)C(=O)NCc1cccc(-c2cccc(C3OC(CN4CCN(c5ccc([N+](=O)[O-])cc5)CC4)C(C)C(c4ccc(CO)cc4)O3)c2)c1. The van der Waals surface area contributed by atoms with Crippen molar-refractivity contribution in [1.82, 2.24) is 10.2 Å². The monoisotopic (exact) mass is 722 g/mol. The summed E-state index contributed by atoms with van der Waals surface area (Å²) in [5, 5.41) is 23.6. The predicted molar refractivity (Wildman–Crippen MR) is 200 cm³/mol. The van der Waals surface area contributed by atoms with E-state index in [4.69, 9.17) is 14.2 Å². The van der Waals surface area contributed by atoms with Crippen LogP contribution >= 0.6 is 0 Å². The van der Waals surface area contributed by atoms with Gasteiger partial charge in [0.2, 0.25) is 0 Å². The Bertz CT molecular complexity index is 1880. The minimum absolute atomic E-state index is 0.0255. The van der Waals surface area contributed by atoms with Crippen molar-refractivity contribution < 1.29 is 33.8 Å². The zero-order chi connectivity index (χ0) is 37.5. The van der Waals surface area contributed by atoms with Crippen molar-refractivity contribution in [2.75, 3.05) is 37.6 Å². The van der Waals surface area contributed by atoms with E-state index in [-0.39, 0.29) is 47.8 Å². The minimum atomic E-state index is -0.877. The number of nitro benzene ring substituents is 1. The summed E-state index contributed by atoms with van der Waals surface area (Å²) in [6.45, 7) is 9.16. The maximum absolute atomic E-state index is 12.4. The molecule has 2 fully saturated rings. The van der Waals surface area contributed by atoms with Gasteiger partial charge in [0, 0.05) is 75.5 Å². The Labute approximate surface area is 309 Å². The number of rotatable bonds is 12. The lowest BCUT2D eigenvalue weighted by Gasteiger charge is -2.44. The first kappa shape index (κ1) is 37.6. The Kier molecular flexibility index (Phi) is 12.2. The van der Waals surface area contributed by atoms with Crippen molar-refractivity contribution in [3.63, 3.8) is 0 Å². The summed E-state index contributed by atoms with van der Waals surface area (Å²) < 4.78 is 18.5. The lowest BCUT2D eigenvalue weighted by atomic mass is 9.89. The molecule has 0 spiro atoms. The summed E-state index contributed by atoms with van der Waals surface area (Å²) in [4.78, 5) is 39.0. The molecule has 4 aromatic rings. The van der Waals surface area contributed by atoms with Gasteiger partial charge >= 0.3 is 5.97 Å². The molecule has 278 valence electrons. The predicted octanol–water partition coefficient (Wildman–Crippen LogP) is 5.94. The van der Waals surface area contributed by atoms with Crippen LogP contribution in [-0.2, 0) is 37.0 Å². The standard InChI is InChI=1S/C41H46N4O8/c1-27-38(25-43-18-20-44(21-19-43)36-14-16-37(17-15-36)45(49)50)52-41(53-39(27)32-12-10-30(26-46)11-13-32)35-9-5-8-34(23-35)33-7-4-6-31(22-33)24-42-40(48)28(2)51-29(3)47/h4-17,22-23,27-28,38-39,41,46H,18-21,24-26H2,1-3H3,(H,42,48). The fourth-order valence-electron chi connectivity index (χ4n) is 6.92. The van der Waals surface area contributed by atoms with Crippen LogP contribution in [0.2, 0.25) is 0 Å². The fraction of sp³-hybridized carbons (Fsp3) is 0.366. The molecule has 53 heavy (non-hydrogen) atoms. The van der Waals surface area contributed by atoms with Crippen LogP contribution in [-0.4, -0.2) is 71.7 Å². The number of carbonyl (C=O) groups is 2. The van der Waals surface area contributed by atoms with Crippen molar-refractivity contribution >= 4 is 23.3 Å². The molecule has 5 unspecified atom stereocenters. The highest BCUT2D eigenvalue weighted by molar-refractivity contribution is 5.82. The highest BCUT2D eigenvalue weighted by Crippen LogP contribution is 2.42. The summed E-state index contributed by atoms with van der Waals surface area (Å²) in [6.07, 6.45) is -1.91. The highest BCUT2D eigenvalue weighted by atomic mass is 16.7. The van der Waals surface area contributed by atoms with Crippen molar-refractivity contribution in [3.05, 3.63) is 129 Å². The first-order valence-electron chi connectivity index (χ1n) is 17.9. The van der Waals surface area contributed by atoms with Crippen molar-refractivity contribution in [2.24, 2.45) is 5.92 Å². The number of carbonyl (C=O) groups excluding carboxylic acids is 2. The van der Waals surface area contributed by atoms with Gasteiger partial charge in [-0.1, -0.05) is 67.6 Å². The molecule has 2 N–H and O–H groups in total. The average Bonchev–Trinajstić information content (AvgIpc) is 3.18. The van der Waals surface area contributed by atoms with E-state index in [0.29, 0.717) is 6.54 Å². The molecule has 0 bridgehead atoms. The molecule has 2 aliphatic heterocycles. The van der Waals surface area contributed by atoms with E-state index in [1.807, 2.05) is 78.9 Å². The third-order valence-electron chi connectivity index (χ3n) is 9.96. The van der Waals surface area contributed by atoms with Crippen LogP contribution in [0.4, 0.5) is 11.4 Å². The number of nitrogens with one attached hydrogen (secondary N) is 1. The number of ether oxygens (including phenoxy) is 3. The van der Waals surface area contributed by atoms with Gasteiger partial charge in [-0.15, -0.1) is 0 Å². The van der Waals surface area contributed by atoms with E-state index < -0.39 is 18.4 Å². The van der Waals surface area contributed by atoms with Crippen LogP contribution < -0.4 is 10.2 Å². The van der Waals surface area contributed by atoms with Gasteiger partial charge in [0.25, 0.3) is 11.6 Å². The van der Waals surface area contributed by atoms with Crippen molar-refractivity contribution in [3.8, 4) is 11.1 Å². The van der Waals surface area contributed by atoms with Gasteiger partial charge in [-0.05, 0) is 59.0 Å². The number of esters is 1. The molecule has 0 radical (unpaired) electrons. The molecular formula is C41H46N4O8. The average molecular weight is 723 g/mol. The number of non-ortho nitro benzene ring substituents is 1. The Balaban J connectivity index is 1.17. The van der Waals surface area contributed by atoms with Crippen LogP contribution in [0, 0.1) is 16.0 Å². The van der Waals surface area contributed by atoms with Crippen molar-refractivity contribution in [2.45, 2.75) is 58.5 Å². The van der Waals surface area contributed by atoms with Gasteiger partial charge in [-0.2, -0.15) is 0 Å². The third kappa shape index (κ3) is 9.46. The first-order valence-corrected chi connectivity index (χ1v) is 17.9. The second kappa shape index (κ2) is 17.1. The summed E-state index contributed by atoms with van der Waals surface area (Å²) in [5.74, 6) is -0.848.